The fourth-order valence-electron chi connectivity index (χ4n) is 10.9. The van der Waals surface area contributed by atoms with Crippen molar-refractivity contribution in [2.24, 2.45) is 0 Å². The van der Waals surface area contributed by atoms with Crippen molar-refractivity contribution in [3.63, 3.8) is 0 Å². The number of hydrogen-bond acceptors (Lipinski definition) is 5. The molecule has 0 radical (unpaired) electrons. The van der Waals surface area contributed by atoms with Crippen LogP contribution in [0.15, 0.2) is 357 Å². The van der Waals surface area contributed by atoms with Gasteiger partial charge in [-0.05, 0) is 221 Å². The largest absolute Gasteiger partial charge is 0.289 e. The lowest BCUT2D eigenvalue weighted by Crippen LogP contribution is -2.01. The summed E-state index contributed by atoms with van der Waals surface area (Å²) in [7, 11) is -1.06. The fourth-order valence-corrected chi connectivity index (χ4v) is 13.8. The van der Waals surface area contributed by atoms with Gasteiger partial charge in [0.1, 0.15) is 0 Å². The molecule has 0 saturated carbocycles. The number of aryl methyl sites for hydroxylation is 14. The Balaban J connectivity index is 0.000000155. The highest BCUT2D eigenvalue weighted by Crippen LogP contribution is 2.30. The van der Waals surface area contributed by atoms with Gasteiger partial charge in [0.2, 0.25) is 0 Å². The minimum absolute atomic E-state index is 0.0833. The Labute approximate surface area is 637 Å². The zero-order valence-electron chi connectivity index (χ0n) is 63.3. The summed E-state index contributed by atoms with van der Waals surface area (Å²) in [6, 6.07) is 111. The second-order valence-corrected chi connectivity index (χ2v) is 30.7. The summed E-state index contributed by atoms with van der Waals surface area (Å²) in [4.78, 5) is 31.1. The molecule has 0 atom stereocenters. The summed E-state index contributed by atoms with van der Waals surface area (Å²) >= 11 is 3.62. The highest BCUT2D eigenvalue weighted by atomic mass is 32.2. The predicted molar refractivity (Wildman–Crippen MR) is 450 cm³/mol. The fraction of sp³-hybridized carbons (Fsp3) is 0.152. The molecule has 0 bridgehead atoms. The van der Waals surface area contributed by atoms with Crippen molar-refractivity contribution < 1.29 is 13.8 Å². The van der Waals surface area contributed by atoms with Crippen molar-refractivity contribution in [1.29, 1.82) is 0 Å². The van der Waals surface area contributed by atoms with Crippen LogP contribution in [-0.4, -0.2) is 15.8 Å². The van der Waals surface area contributed by atoms with Gasteiger partial charge in [-0.1, -0.05) is 333 Å². The molecule has 0 heterocycles. The number of benzene rings is 14. The molecule has 0 aliphatic heterocycles. The van der Waals surface area contributed by atoms with Crippen LogP contribution >= 0.6 is 23.5 Å². The van der Waals surface area contributed by atoms with E-state index in [1.165, 1.54) is 108 Å². The van der Waals surface area contributed by atoms with E-state index in [-0.39, 0.29) is 11.6 Å². The van der Waals surface area contributed by atoms with Crippen molar-refractivity contribution in [3.05, 3.63) is 439 Å². The van der Waals surface area contributed by atoms with E-state index >= 15 is 0 Å². The molecule has 0 spiro atoms. The van der Waals surface area contributed by atoms with E-state index in [1.807, 2.05) is 199 Å². The lowest BCUT2D eigenvalue weighted by molar-refractivity contribution is 0.103. The van der Waals surface area contributed by atoms with Crippen LogP contribution in [0.4, 0.5) is 0 Å². The van der Waals surface area contributed by atoms with E-state index in [2.05, 4.69) is 237 Å². The molecule has 0 aromatic heterocycles. The van der Waals surface area contributed by atoms with Crippen molar-refractivity contribution in [2.75, 3.05) is 0 Å². The van der Waals surface area contributed by atoms with Crippen LogP contribution in [0.25, 0.3) is 10.8 Å². The van der Waals surface area contributed by atoms with E-state index < -0.39 is 10.8 Å². The molecule has 0 saturated heterocycles. The molecule has 0 aliphatic rings. The first kappa shape index (κ1) is 80.2. The number of rotatable bonds is 12. The van der Waals surface area contributed by atoms with Crippen molar-refractivity contribution in [3.8, 4) is 0 Å². The molecule has 0 amide bonds. The number of ketones is 2. The Morgan fingerprint density at radius 3 is 0.810 bits per heavy atom. The van der Waals surface area contributed by atoms with Gasteiger partial charge in [0.25, 0.3) is 0 Å². The summed E-state index contributed by atoms with van der Waals surface area (Å²) < 4.78 is 12.2. The normalized spacial score (nSPS) is 10.3. The Hall–Kier alpha value is -10.5. The molecule has 105 heavy (non-hydrogen) atoms. The van der Waals surface area contributed by atoms with Gasteiger partial charge in [-0.3, -0.25) is 9.59 Å². The van der Waals surface area contributed by atoms with E-state index in [0.717, 1.165) is 49.6 Å². The van der Waals surface area contributed by atoms with E-state index in [4.69, 9.17) is 0 Å². The van der Waals surface area contributed by atoms with E-state index in [9.17, 15) is 13.8 Å². The van der Waals surface area contributed by atoms with E-state index in [1.54, 1.807) is 11.8 Å². The van der Waals surface area contributed by atoms with Gasteiger partial charge in [-0.25, -0.2) is 4.21 Å². The van der Waals surface area contributed by atoms with Crippen LogP contribution < -0.4 is 0 Å². The average molecular weight is 1430 g/mol. The smallest absolute Gasteiger partial charge is 0.193 e. The van der Waals surface area contributed by atoms with Crippen molar-refractivity contribution in [1.82, 2.24) is 0 Å². The molecule has 0 N–H and O–H groups in total. The van der Waals surface area contributed by atoms with Crippen LogP contribution in [-0.2, 0) is 17.2 Å². The monoisotopic (exact) mass is 1430 g/mol. The minimum atomic E-state index is -1.06. The zero-order chi connectivity index (χ0) is 75.2. The molecule has 530 valence electrons. The summed E-state index contributed by atoms with van der Waals surface area (Å²) in [5, 5.41) is 2.75. The molecular weight excluding hydrogens is 1330 g/mol. The second kappa shape index (κ2) is 41.1. The van der Waals surface area contributed by atoms with Gasteiger partial charge >= 0.3 is 0 Å². The summed E-state index contributed by atoms with van der Waals surface area (Å²) in [6.45, 7) is 29.1. The Bertz CT molecular complexity index is 4560. The Kier molecular flexibility index (Phi) is 31.4. The quantitative estimate of drug-likeness (QED) is 0.114. The van der Waals surface area contributed by atoms with Gasteiger partial charge in [-0.15, -0.1) is 0 Å². The number of carbonyl (C=O) groups excluding carboxylic acids is 2. The summed E-state index contributed by atoms with van der Waals surface area (Å²) in [5.41, 5.74) is 23.3. The van der Waals surface area contributed by atoms with Crippen LogP contribution in [0.1, 0.15) is 121 Å². The molecule has 3 nitrogen and oxygen atoms in total. The number of hydrogen-bond donors (Lipinski definition) is 0. The predicted octanol–water partition coefficient (Wildman–Crippen LogP) is 26.8. The third-order valence-electron chi connectivity index (χ3n) is 17.2. The third-order valence-corrected chi connectivity index (χ3v) is 20.6. The molecule has 0 unspecified atom stereocenters. The molecule has 6 heteroatoms. The van der Waals surface area contributed by atoms with Crippen LogP contribution in [0.5, 0.6) is 0 Å². The first-order chi connectivity index (χ1) is 50.5. The van der Waals surface area contributed by atoms with Gasteiger partial charge < -0.3 is 0 Å². The standard InChI is InChI=1S/2C15H14O.C15H16.C14H14OS.2C14H14S.C12H12/c1-11-3-7-13(8-4-11)15(16)14-9-5-12(2)6-10-14;1-11-5-3-7-13(9-11)15(16)14-8-4-6-12(2)10-14;1-12-3-7-14(8-4-12)11-15-9-5-13(2)6-10-15;1-11-3-7-13(8-4-11)16(15)14-9-5-12(2)6-10-14;1-11-3-7-13(8-4-11)15-14-9-5-12(2)6-10-14;1-11-5-3-7-13(9-11)15-14-8-4-6-12(2)10-14;1-9-5-3-8-12-10(2)6-4-7-11(9)12/h2*3-10H,1-2H3;3-10H,11H2,1-2H3;3-10H,1-2H3;2*3-10H,1-2H3;3-8H,1-2H3. The highest BCUT2D eigenvalue weighted by molar-refractivity contribution is 7.99. The zero-order valence-corrected chi connectivity index (χ0v) is 65.8. The SMILES string of the molecule is Cc1ccc(C(=O)c2ccc(C)cc2)cc1.Cc1ccc(Cc2ccc(C)cc2)cc1.Cc1ccc(S(=O)c2ccc(C)cc2)cc1.Cc1ccc(Sc2ccc(C)cc2)cc1.Cc1cccc(C(=O)c2cccc(C)c2)c1.Cc1cccc(Sc2cccc(C)c2)c1.Cc1cccc2c(C)cccc12. The lowest BCUT2D eigenvalue weighted by atomic mass is 10.0. The number of carbonyl (C=O) groups is 2. The van der Waals surface area contributed by atoms with Crippen LogP contribution in [0, 0.1) is 96.9 Å². The molecule has 0 aliphatic carbocycles. The Morgan fingerprint density at radius 1 is 0.238 bits per heavy atom. The molecule has 0 fully saturated rings. The molecule has 14 rings (SSSR count). The maximum Gasteiger partial charge on any atom is 0.193 e. The van der Waals surface area contributed by atoms with E-state index in [0.29, 0.717) is 0 Å². The molecule has 14 aromatic rings. The molecular formula is C99H98O3S3. The van der Waals surface area contributed by atoms with Gasteiger partial charge in [0.05, 0.1) is 10.8 Å². The van der Waals surface area contributed by atoms with Crippen molar-refractivity contribution in [2.45, 2.75) is 133 Å². The van der Waals surface area contributed by atoms with Gasteiger partial charge in [-0.2, -0.15) is 0 Å². The third kappa shape index (κ3) is 27.3. The maximum atomic E-state index is 12.2. The second-order valence-electron chi connectivity index (χ2n) is 26.9. The van der Waals surface area contributed by atoms with Crippen LogP contribution in [0.2, 0.25) is 0 Å². The topological polar surface area (TPSA) is 51.2 Å². The highest BCUT2D eigenvalue weighted by Gasteiger charge is 2.11. The van der Waals surface area contributed by atoms with Gasteiger partial charge in [0.15, 0.2) is 11.6 Å². The lowest BCUT2D eigenvalue weighted by Gasteiger charge is -2.03. The first-order valence-corrected chi connectivity index (χ1v) is 38.4. The van der Waals surface area contributed by atoms with Crippen LogP contribution in [0.3, 0.4) is 0 Å². The number of fused-ring (bicyclic) bond motifs is 1. The molecule has 14 aromatic carbocycles. The first-order valence-electron chi connectivity index (χ1n) is 35.6. The maximum absolute atomic E-state index is 12.2. The van der Waals surface area contributed by atoms with Crippen molar-refractivity contribution >= 4 is 56.7 Å². The summed E-state index contributed by atoms with van der Waals surface area (Å²) in [6.07, 6.45) is 1.03. The average Bonchev–Trinajstić information content (AvgIpc) is 0.820. The Morgan fingerprint density at radius 2 is 0.495 bits per heavy atom. The summed E-state index contributed by atoms with van der Waals surface area (Å²) in [5.74, 6) is 0.174. The minimum Gasteiger partial charge on any atom is -0.289 e. The van der Waals surface area contributed by atoms with Gasteiger partial charge in [0, 0.05) is 51.6 Å².